The lowest BCUT2D eigenvalue weighted by Gasteiger charge is -2.21. The second kappa shape index (κ2) is 5.88. The van der Waals surface area contributed by atoms with Crippen molar-refractivity contribution in [3.63, 3.8) is 0 Å². The third-order valence-electron chi connectivity index (χ3n) is 3.32. The molecule has 1 aromatic carbocycles. The Morgan fingerprint density at radius 1 is 1.52 bits per heavy atom. The number of halogens is 2. The van der Waals surface area contributed by atoms with Gasteiger partial charge in [-0.3, -0.25) is 4.79 Å². The summed E-state index contributed by atoms with van der Waals surface area (Å²) in [7, 11) is -2.86. The summed E-state index contributed by atoms with van der Waals surface area (Å²) in [5, 5.41) is 9.00. The summed E-state index contributed by atoms with van der Waals surface area (Å²) < 4.78 is 44.2. The molecule has 0 saturated carbocycles. The van der Waals surface area contributed by atoms with E-state index < -0.39 is 38.9 Å². The molecule has 1 aliphatic heterocycles. The number of ether oxygens (including phenoxy) is 1. The normalized spacial score (nSPS) is 23.4. The van der Waals surface area contributed by atoms with Crippen molar-refractivity contribution in [3.05, 3.63) is 29.0 Å². The van der Waals surface area contributed by atoms with E-state index in [0.717, 1.165) is 22.5 Å². The number of aliphatic carboxylic acids is 1. The largest absolute Gasteiger partial charge is 0.480 e. The summed E-state index contributed by atoms with van der Waals surface area (Å²) in [6.45, 7) is -0.122. The average Bonchev–Trinajstić information content (AvgIpc) is 2.86. The number of benzene rings is 1. The second-order valence-corrected chi connectivity index (χ2v) is 6.86. The number of carbonyl (C=O) groups is 1. The van der Waals surface area contributed by atoms with Crippen LogP contribution in [-0.2, 0) is 19.6 Å². The van der Waals surface area contributed by atoms with E-state index in [-0.39, 0.29) is 18.0 Å². The zero-order valence-corrected chi connectivity index (χ0v) is 12.6. The minimum atomic E-state index is -4.23. The third kappa shape index (κ3) is 3.03. The van der Waals surface area contributed by atoms with Gasteiger partial charge >= 0.3 is 5.97 Å². The summed E-state index contributed by atoms with van der Waals surface area (Å²) in [5.41, 5.74) is 0. The fourth-order valence-electron chi connectivity index (χ4n) is 2.23. The van der Waals surface area contributed by atoms with Crippen molar-refractivity contribution in [3.8, 4) is 0 Å². The Bertz CT molecular complexity index is 666. The smallest absolute Gasteiger partial charge is 0.322 e. The maximum Gasteiger partial charge on any atom is 0.322 e. The van der Waals surface area contributed by atoms with Crippen LogP contribution in [-0.4, -0.2) is 49.6 Å². The van der Waals surface area contributed by atoms with Gasteiger partial charge in [-0.2, -0.15) is 4.31 Å². The topological polar surface area (TPSA) is 83.9 Å². The molecular weight excluding hydrogens is 325 g/mol. The molecule has 1 N–H and O–H groups in total. The van der Waals surface area contributed by atoms with Crippen LogP contribution in [0.2, 0.25) is 5.02 Å². The summed E-state index contributed by atoms with van der Waals surface area (Å²) in [6, 6.07) is 1.65. The molecule has 1 aromatic rings. The number of carboxylic acid groups (broad SMARTS) is 1. The van der Waals surface area contributed by atoms with Gasteiger partial charge in [0.05, 0.1) is 11.1 Å². The molecule has 0 amide bonds. The van der Waals surface area contributed by atoms with E-state index >= 15 is 0 Å². The number of nitrogens with zero attached hydrogens (tertiary/aromatic N) is 1. The number of carboxylic acids is 1. The van der Waals surface area contributed by atoms with Gasteiger partial charge in [-0.05, 0) is 18.2 Å². The highest BCUT2D eigenvalue weighted by Gasteiger charge is 2.44. The van der Waals surface area contributed by atoms with Crippen LogP contribution >= 0.6 is 11.6 Å². The number of sulfonamides is 1. The molecule has 1 saturated heterocycles. The van der Waals surface area contributed by atoms with E-state index in [9.17, 15) is 17.6 Å². The van der Waals surface area contributed by atoms with E-state index in [4.69, 9.17) is 21.4 Å². The van der Waals surface area contributed by atoms with Crippen molar-refractivity contribution in [2.24, 2.45) is 0 Å². The lowest BCUT2D eigenvalue weighted by Crippen LogP contribution is -2.40. The monoisotopic (exact) mass is 337 g/mol. The van der Waals surface area contributed by atoms with Crippen molar-refractivity contribution in [1.29, 1.82) is 0 Å². The van der Waals surface area contributed by atoms with Gasteiger partial charge in [-0.15, -0.1) is 0 Å². The Balaban J connectivity index is 2.47. The highest BCUT2D eigenvalue weighted by atomic mass is 35.5. The lowest BCUT2D eigenvalue weighted by molar-refractivity contribution is -0.140. The molecule has 9 heteroatoms. The quantitative estimate of drug-likeness (QED) is 0.896. The average molecular weight is 338 g/mol. The highest BCUT2D eigenvalue weighted by molar-refractivity contribution is 7.89. The SMILES string of the molecule is COC1CC(C(=O)O)N(S(=O)(=O)c2cc(F)ccc2Cl)C1. The molecule has 6 nitrogen and oxygen atoms in total. The molecule has 1 fully saturated rings. The first kappa shape index (κ1) is 16.2. The predicted octanol–water partition coefficient (Wildman–Crippen LogP) is 1.34. The van der Waals surface area contributed by atoms with Crippen LogP contribution in [0.4, 0.5) is 4.39 Å². The molecule has 0 radical (unpaired) electrons. The Morgan fingerprint density at radius 3 is 2.76 bits per heavy atom. The predicted molar refractivity (Wildman–Crippen MR) is 72.1 cm³/mol. The number of rotatable bonds is 4. The summed E-state index contributed by atoms with van der Waals surface area (Å²) >= 11 is 5.81. The first-order valence-electron chi connectivity index (χ1n) is 6.00. The Hall–Kier alpha value is -1.22. The molecular formula is C12H13ClFNO5S. The van der Waals surface area contributed by atoms with E-state index in [2.05, 4.69) is 0 Å². The van der Waals surface area contributed by atoms with Gasteiger partial charge in [0, 0.05) is 20.1 Å². The minimum absolute atomic E-state index is 0.0258. The molecule has 2 rings (SSSR count). The van der Waals surface area contributed by atoms with Gasteiger partial charge in [0.2, 0.25) is 10.0 Å². The maximum atomic E-state index is 13.3. The van der Waals surface area contributed by atoms with E-state index in [1.54, 1.807) is 0 Å². The third-order valence-corrected chi connectivity index (χ3v) is 5.67. The van der Waals surface area contributed by atoms with Crippen molar-refractivity contribution in [2.45, 2.75) is 23.5 Å². The first-order valence-corrected chi connectivity index (χ1v) is 7.81. The molecule has 1 aliphatic rings. The number of hydrogen-bond donors (Lipinski definition) is 1. The summed E-state index contributed by atoms with van der Waals surface area (Å²) in [4.78, 5) is 10.8. The van der Waals surface area contributed by atoms with Gasteiger partial charge in [-0.1, -0.05) is 11.6 Å². The van der Waals surface area contributed by atoms with Crippen molar-refractivity contribution < 1.29 is 27.4 Å². The molecule has 0 aromatic heterocycles. The molecule has 0 spiro atoms. The van der Waals surface area contributed by atoms with Crippen LogP contribution in [0.1, 0.15) is 6.42 Å². The second-order valence-electron chi connectivity index (χ2n) is 4.60. The van der Waals surface area contributed by atoms with Crippen LogP contribution in [0.15, 0.2) is 23.1 Å². The van der Waals surface area contributed by atoms with Gasteiger partial charge < -0.3 is 9.84 Å². The molecule has 21 heavy (non-hydrogen) atoms. The molecule has 116 valence electrons. The number of methoxy groups -OCH3 is 1. The molecule has 0 bridgehead atoms. The fraction of sp³-hybridized carbons (Fsp3) is 0.417. The Labute approximate surface area is 126 Å². The Morgan fingerprint density at radius 2 is 2.19 bits per heavy atom. The van der Waals surface area contributed by atoms with Crippen molar-refractivity contribution in [1.82, 2.24) is 4.31 Å². The van der Waals surface area contributed by atoms with E-state index in [0.29, 0.717) is 0 Å². The maximum absolute atomic E-state index is 13.3. The van der Waals surface area contributed by atoms with Gasteiger partial charge in [0.1, 0.15) is 16.8 Å². The molecule has 2 unspecified atom stereocenters. The van der Waals surface area contributed by atoms with Gasteiger partial charge in [0.25, 0.3) is 0 Å². The van der Waals surface area contributed by atoms with Crippen LogP contribution in [0.5, 0.6) is 0 Å². The van der Waals surface area contributed by atoms with Gasteiger partial charge in [-0.25, -0.2) is 12.8 Å². The number of hydrogen-bond acceptors (Lipinski definition) is 4. The van der Waals surface area contributed by atoms with E-state index in [1.165, 1.54) is 7.11 Å². The molecule has 1 heterocycles. The van der Waals surface area contributed by atoms with Gasteiger partial charge in [0.15, 0.2) is 0 Å². The Kier molecular flexibility index (Phi) is 4.52. The van der Waals surface area contributed by atoms with Crippen LogP contribution in [0.3, 0.4) is 0 Å². The summed E-state index contributed by atoms with van der Waals surface area (Å²) in [6.07, 6.45) is -0.508. The zero-order chi connectivity index (χ0) is 15.8. The highest BCUT2D eigenvalue weighted by Crippen LogP contribution is 2.31. The van der Waals surface area contributed by atoms with Crippen molar-refractivity contribution in [2.75, 3.05) is 13.7 Å². The zero-order valence-electron chi connectivity index (χ0n) is 11.0. The standard InChI is InChI=1S/C12H13ClFNO5S/c1-20-8-5-10(12(16)17)15(6-8)21(18,19)11-4-7(14)2-3-9(11)13/h2-4,8,10H,5-6H2,1H3,(H,16,17). The summed E-state index contributed by atoms with van der Waals surface area (Å²) in [5.74, 6) is -2.06. The van der Waals surface area contributed by atoms with Crippen LogP contribution in [0.25, 0.3) is 0 Å². The van der Waals surface area contributed by atoms with Crippen molar-refractivity contribution >= 4 is 27.6 Å². The minimum Gasteiger partial charge on any atom is -0.480 e. The fourth-order valence-corrected chi connectivity index (χ4v) is 4.34. The van der Waals surface area contributed by atoms with E-state index in [1.807, 2.05) is 0 Å². The van der Waals surface area contributed by atoms with Crippen LogP contribution in [0, 0.1) is 5.82 Å². The van der Waals surface area contributed by atoms with Crippen LogP contribution < -0.4 is 0 Å². The molecule has 2 atom stereocenters. The molecule has 0 aliphatic carbocycles. The lowest BCUT2D eigenvalue weighted by atomic mass is 10.2. The first-order chi connectivity index (χ1) is 9.77.